The molecule has 3 aromatic heterocycles. The van der Waals surface area contributed by atoms with Gasteiger partial charge in [-0.25, -0.2) is 9.97 Å². The molecule has 0 saturated carbocycles. The average Bonchev–Trinajstić information content (AvgIpc) is 3.31. The van der Waals surface area contributed by atoms with Gasteiger partial charge in [0.05, 0.1) is 29.4 Å². The highest BCUT2D eigenvalue weighted by Gasteiger charge is 2.25. The van der Waals surface area contributed by atoms with Crippen molar-refractivity contribution in [1.29, 1.82) is 0 Å². The fourth-order valence-corrected chi connectivity index (χ4v) is 5.20. The van der Waals surface area contributed by atoms with Crippen molar-refractivity contribution in [2.45, 2.75) is 26.2 Å². The molecule has 1 aromatic carbocycles. The minimum absolute atomic E-state index is 0.243. The number of aryl methyl sites for hydroxylation is 1. The van der Waals surface area contributed by atoms with Gasteiger partial charge in [0.1, 0.15) is 22.7 Å². The number of aliphatic hydroxyl groups is 1. The number of fused-ring (bicyclic) bond motifs is 4. The summed E-state index contributed by atoms with van der Waals surface area (Å²) in [7, 11) is 0. The van der Waals surface area contributed by atoms with E-state index in [0.29, 0.717) is 12.5 Å². The second-order valence-corrected chi connectivity index (χ2v) is 8.14. The SMILES string of the molecule is CCOc1cc2[nH]ncc2cc1Nc1ncnc2sc3c(c12)CCC(CO)C3. The number of aromatic amines is 1. The van der Waals surface area contributed by atoms with E-state index in [9.17, 15) is 5.11 Å². The molecule has 1 atom stereocenters. The van der Waals surface area contributed by atoms with E-state index >= 15 is 0 Å². The third kappa shape index (κ3) is 2.89. The van der Waals surface area contributed by atoms with E-state index in [-0.39, 0.29) is 6.61 Å². The van der Waals surface area contributed by atoms with Gasteiger partial charge in [-0.1, -0.05) is 0 Å². The molecule has 0 aliphatic heterocycles. The monoisotopic (exact) mass is 395 g/mol. The Morgan fingerprint density at radius 1 is 1.36 bits per heavy atom. The molecule has 0 radical (unpaired) electrons. The topological polar surface area (TPSA) is 96.0 Å². The minimum atomic E-state index is 0.243. The first kappa shape index (κ1) is 17.4. The number of nitrogens with zero attached hydrogens (tertiary/aromatic N) is 3. The van der Waals surface area contributed by atoms with E-state index < -0.39 is 0 Å². The van der Waals surface area contributed by atoms with E-state index in [1.165, 1.54) is 10.4 Å². The zero-order valence-corrected chi connectivity index (χ0v) is 16.3. The van der Waals surface area contributed by atoms with E-state index in [1.54, 1.807) is 23.9 Å². The number of nitrogens with one attached hydrogen (secondary N) is 2. The fraction of sp³-hybridized carbons (Fsp3) is 0.350. The van der Waals surface area contributed by atoms with Crippen LogP contribution in [0.5, 0.6) is 5.75 Å². The van der Waals surface area contributed by atoms with Gasteiger partial charge >= 0.3 is 0 Å². The fourth-order valence-electron chi connectivity index (χ4n) is 3.90. The molecule has 0 fully saturated rings. The van der Waals surface area contributed by atoms with Gasteiger partial charge < -0.3 is 15.2 Å². The molecular formula is C20H21N5O2S. The molecule has 1 unspecified atom stereocenters. The first-order valence-electron chi connectivity index (χ1n) is 9.50. The summed E-state index contributed by atoms with van der Waals surface area (Å²) in [6.07, 6.45) is 6.26. The lowest BCUT2D eigenvalue weighted by Crippen LogP contribution is -2.15. The number of aromatic nitrogens is 4. The third-order valence-corrected chi connectivity index (χ3v) is 6.46. The van der Waals surface area contributed by atoms with Crippen molar-refractivity contribution in [2.75, 3.05) is 18.5 Å². The molecule has 7 nitrogen and oxygen atoms in total. The lowest BCUT2D eigenvalue weighted by atomic mass is 9.88. The van der Waals surface area contributed by atoms with Gasteiger partial charge in [-0.05, 0) is 43.7 Å². The van der Waals surface area contributed by atoms with Crippen LogP contribution in [-0.4, -0.2) is 38.5 Å². The van der Waals surface area contributed by atoms with Crippen LogP contribution in [0.3, 0.4) is 0 Å². The summed E-state index contributed by atoms with van der Waals surface area (Å²) in [6.45, 7) is 2.79. The largest absolute Gasteiger partial charge is 0.492 e. The summed E-state index contributed by atoms with van der Waals surface area (Å²) < 4.78 is 5.84. The van der Waals surface area contributed by atoms with E-state index in [2.05, 4.69) is 25.5 Å². The Kier molecular flexibility index (Phi) is 4.37. The highest BCUT2D eigenvalue weighted by Crippen LogP contribution is 2.41. The molecule has 28 heavy (non-hydrogen) atoms. The van der Waals surface area contributed by atoms with Gasteiger partial charge in [0, 0.05) is 22.9 Å². The molecule has 0 amide bonds. The molecule has 0 spiro atoms. The van der Waals surface area contributed by atoms with Crippen LogP contribution >= 0.6 is 11.3 Å². The van der Waals surface area contributed by atoms with Crippen molar-refractivity contribution in [3.63, 3.8) is 0 Å². The highest BCUT2D eigenvalue weighted by atomic mass is 32.1. The Hall–Kier alpha value is -2.71. The predicted octanol–water partition coefficient (Wildman–Crippen LogP) is 3.81. The van der Waals surface area contributed by atoms with Crippen LogP contribution in [0.4, 0.5) is 11.5 Å². The first-order valence-corrected chi connectivity index (χ1v) is 10.3. The molecule has 3 heterocycles. The molecule has 0 saturated heterocycles. The number of ether oxygens (including phenoxy) is 1. The summed E-state index contributed by atoms with van der Waals surface area (Å²) in [5, 5.41) is 22.2. The van der Waals surface area contributed by atoms with Crippen LogP contribution < -0.4 is 10.1 Å². The molecule has 8 heteroatoms. The number of H-pyrrole nitrogens is 1. The zero-order valence-electron chi connectivity index (χ0n) is 15.5. The molecule has 4 aromatic rings. The maximum atomic E-state index is 9.53. The lowest BCUT2D eigenvalue weighted by Gasteiger charge is -2.20. The summed E-state index contributed by atoms with van der Waals surface area (Å²) >= 11 is 1.71. The summed E-state index contributed by atoms with van der Waals surface area (Å²) in [6, 6.07) is 3.99. The Balaban J connectivity index is 1.60. The quantitative estimate of drug-likeness (QED) is 0.476. The predicted molar refractivity (Wildman–Crippen MR) is 111 cm³/mol. The van der Waals surface area contributed by atoms with Crippen molar-refractivity contribution in [3.8, 4) is 5.75 Å². The van der Waals surface area contributed by atoms with Gasteiger partial charge in [0.25, 0.3) is 0 Å². The highest BCUT2D eigenvalue weighted by molar-refractivity contribution is 7.19. The van der Waals surface area contributed by atoms with Crippen molar-refractivity contribution >= 4 is 44.0 Å². The number of aliphatic hydroxyl groups excluding tert-OH is 1. The van der Waals surface area contributed by atoms with Crippen molar-refractivity contribution < 1.29 is 9.84 Å². The molecule has 1 aliphatic carbocycles. The van der Waals surface area contributed by atoms with Crippen LogP contribution in [0.15, 0.2) is 24.7 Å². The smallest absolute Gasteiger partial charge is 0.144 e. The summed E-state index contributed by atoms with van der Waals surface area (Å²) in [4.78, 5) is 11.4. The number of rotatable bonds is 5. The number of hydrogen-bond donors (Lipinski definition) is 3. The van der Waals surface area contributed by atoms with Crippen molar-refractivity contribution in [3.05, 3.63) is 35.1 Å². The van der Waals surface area contributed by atoms with E-state index in [0.717, 1.165) is 57.6 Å². The maximum absolute atomic E-state index is 9.53. The van der Waals surface area contributed by atoms with Crippen LogP contribution in [-0.2, 0) is 12.8 Å². The van der Waals surface area contributed by atoms with E-state index in [1.807, 2.05) is 19.1 Å². The Morgan fingerprint density at radius 2 is 2.29 bits per heavy atom. The molecule has 0 bridgehead atoms. The van der Waals surface area contributed by atoms with Crippen LogP contribution in [0.1, 0.15) is 23.8 Å². The van der Waals surface area contributed by atoms with Gasteiger partial charge in [-0.2, -0.15) is 5.10 Å². The second kappa shape index (κ2) is 7.03. The van der Waals surface area contributed by atoms with Gasteiger partial charge in [0.2, 0.25) is 0 Å². The molecular weight excluding hydrogens is 374 g/mol. The van der Waals surface area contributed by atoms with Gasteiger partial charge in [-0.3, -0.25) is 5.10 Å². The van der Waals surface area contributed by atoms with Crippen LogP contribution in [0.2, 0.25) is 0 Å². The van der Waals surface area contributed by atoms with Crippen molar-refractivity contribution in [2.24, 2.45) is 5.92 Å². The Bertz CT molecular complexity index is 1150. The number of hydrogen-bond acceptors (Lipinski definition) is 7. The van der Waals surface area contributed by atoms with Crippen LogP contribution in [0, 0.1) is 5.92 Å². The number of benzene rings is 1. The number of anilines is 2. The van der Waals surface area contributed by atoms with E-state index in [4.69, 9.17) is 4.74 Å². The molecule has 3 N–H and O–H groups in total. The Labute approximate surface area is 165 Å². The normalized spacial score (nSPS) is 16.4. The zero-order chi connectivity index (χ0) is 19.1. The molecule has 144 valence electrons. The molecule has 1 aliphatic rings. The van der Waals surface area contributed by atoms with Gasteiger partial charge in [0.15, 0.2) is 0 Å². The average molecular weight is 395 g/mol. The standard InChI is InChI=1S/C20H21N5O2S/c1-2-27-16-7-14-12(8-23-25-14)6-15(16)24-19-18-13-4-3-11(9-26)5-17(13)28-20(18)22-10-21-19/h6-8,10-11,26H,2-5,9H2,1H3,(H,23,25)(H,21,22,24). The maximum Gasteiger partial charge on any atom is 0.144 e. The lowest BCUT2D eigenvalue weighted by molar-refractivity contribution is 0.214. The minimum Gasteiger partial charge on any atom is -0.492 e. The molecule has 5 rings (SSSR count). The van der Waals surface area contributed by atoms with Crippen LogP contribution in [0.25, 0.3) is 21.1 Å². The first-order chi connectivity index (χ1) is 13.8. The number of thiophene rings is 1. The second-order valence-electron chi connectivity index (χ2n) is 7.06. The summed E-state index contributed by atoms with van der Waals surface area (Å²) in [5.41, 5.74) is 3.11. The summed E-state index contributed by atoms with van der Waals surface area (Å²) in [5.74, 6) is 1.90. The van der Waals surface area contributed by atoms with Gasteiger partial charge in [-0.15, -0.1) is 11.3 Å². The Morgan fingerprint density at radius 3 is 3.14 bits per heavy atom. The van der Waals surface area contributed by atoms with Crippen molar-refractivity contribution in [1.82, 2.24) is 20.2 Å². The third-order valence-electron chi connectivity index (χ3n) is 5.30.